The number of rotatable bonds is 5. The Balaban J connectivity index is 0.000000490. The second-order valence-corrected chi connectivity index (χ2v) is 15.2. The molecule has 3 aromatic carbocycles. The van der Waals surface area contributed by atoms with E-state index in [-0.39, 0.29) is 24.8 Å². The fraction of sp³-hybridized carbons (Fsp3) is 0.308. The van der Waals surface area contributed by atoms with Crippen molar-refractivity contribution in [1.29, 1.82) is 0 Å². The summed E-state index contributed by atoms with van der Waals surface area (Å²) in [6, 6.07) is 19.3. The molecule has 0 saturated carbocycles. The van der Waals surface area contributed by atoms with Gasteiger partial charge in [0, 0.05) is 0 Å². The molecule has 0 aromatic heterocycles. The molecule has 0 unspecified atom stereocenters. The van der Waals surface area contributed by atoms with Crippen LogP contribution >= 0.6 is 0 Å². The molecule has 3 aromatic rings. The zero-order valence-corrected chi connectivity index (χ0v) is 24.5. The van der Waals surface area contributed by atoms with Crippen LogP contribution in [0, 0.1) is 6.08 Å². The van der Waals surface area contributed by atoms with E-state index >= 15 is 0 Å². The van der Waals surface area contributed by atoms with E-state index in [0.29, 0.717) is 13.2 Å². The first-order valence-electron chi connectivity index (χ1n) is 10.4. The van der Waals surface area contributed by atoms with E-state index in [4.69, 9.17) is 9.16 Å². The van der Waals surface area contributed by atoms with Crippen LogP contribution in [0.4, 0.5) is 0 Å². The quantitative estimate of drug-likeness (QED) is 0.261. The summed E-state index contributed by atoms with van der Waals surface area (Å²) in [5, 5.41) is 5.39. The second-order valence-electron chi connectivity index (χ2n) is 8.28. The fourth-order valence-electron chi connectivity index (χ4n) is 2.89. The summed E-state index contributed by atoms with van der Waals surface area (Å²) in [7, 11) is -1.36. The van der Waals surface area contributed by atoms with Crippen molar-refractivity contribution in [2.24, 2.45) is 0 Å². The van der Waals surface area contributed by atoms with Gasteiger partial charge in [0.15, 0.2) is 8.32 Å². The van der Waals surface area contributed by atoms with Crippen LogP contribution in [0.3, 0.4) is 0 Å². The van der Waals surface area contributed by atoms with E-state index in [0.717, 1.165) is 12.2 Å². The maximum absolute atomic E-state index is 5.64. The van der Waals surface area contributed by atoms with E-state index in [1.54, 1.807) is 24.2 Å². The first-order valence-corrected chi connectivity index (χ1v) is 15.0. The monoisotopic (exact) mass is 564 g/mol. The standard InChI is InChI=1S/C13H9.C10H17O2Si.C3H6.2ClH.Zr/c1-3-7-12-10(5-1)9-11-6-2-4-8-13(11)12;1-13(2,3)12-9-8-11-10-6-4-5-7-10;1-3-2;;;/h1-9H;4,6H,5,8-9H2,1-3H3;1-2H3;2*1H;/q2*-1;;;;+2/p-2. The third-order valence-electron chi connectivity index (χ3n) is 4.06. The van der Waals surface area contributed by atoms with Crippen LogP contribution in [-0.2, 0) is 33.4 Å². The Morgan fingerprint density at radius 3 is 1.88 bits per heavy atom. The zero-order valence-electron chi connectivity index (χ0n) is 19.5. The van der Waals surface area contributed by atoms with Crippen molar-refractivity contribution < 1.29 is 58.2 Å². The van der Waals surface area contributed by atoms with Gasteiger partial charge in [0.05, 0.1) is 6.61 Å². The maximum atomic E-state index is 5.64. The molecular formula is C26H32Cl2O2SiZr-2. The summed E-state index contributed by atoms with van der Waals surface area (Å²) in [5.74, 6) is 0.860. The molecule has 0 aliphatic heterocycles. The Morgan fingerprint density at radius 1 is 0.938 bits per heavy atom. The molecule has 1 aliphatic rings. The van der Waals surface area contributed by atoms with Gasteiger partial charge in [-0.2, -0.15) is 12.2 Å². The topological polar surface area (TPSA) is 18.5 Å². The minimum Gasteiger partial charge on any atom is -1.00 e. The summed E-state index contributed by atoms with van der Waals surface area (Å²) < 4.78 is 12.6. The van der Waals surface area contributed by atoms with E-state index in [9.17, 15) is 0 Å². The molecule has 0 atom stereocenters. The average Bonchev–Trinajstić information content (AvgIpc) is 3.32. The molecule has 0 radical (unpaired) electrons. The first-order chi connectivity index (χ1) is 14.3. The van der Waals surface area contributed by atoms with Gasteiger partial charge >= 0.3 is 41.3 Å². The molecule has 0 spiro atoms. The SMILES string of the molecule is C[C](C)=[Zr+2].C[Si](C)(C)OCCOC1=[C-]CC=C1.[Cl-].[Cl-].c1ccc2c(c1)[cH-]c1ccccc12. The molecule has 2 nitrogen and oxygen atoms in total. The summed E-state index contributed by atoms with van der Waals surface area (Å²) in [5.41, 5.74) is 0. The van der Waals surface area contributed by atoms with Gasteiger partial charge in [-0.1, -0.05) is 42.2 Å². The zero-order chi connectivity index (χ0) is 22.0. The Kier molecular flexibility index (Phi) is 15.4. The van der Waals surface area contributed by atoms with E-state index in [1.807, 2.05) is 12.2 Å². The molecule has 6 heteroatoms. The van der Waals surface area contributed by atoms with Gasteiger partial charge in [0.1, 0.15) is 6.61 Å². The van der Waals surface area contributed by atoms with Gasteiger partial charge in [-0.05, 0) is 19.6 Å². The van der Waals surface area contributed by atoms with Crippen LogP contribution < -0.4 is 24.8 Å². The van der Waals surface area contributed by atoms with E-state index < -0.39 is 8.32 Å². The Labute approximate surface area is 221 Å². The number of halogens is 2. The van der Waals surface area contributed by atoms with Gasteiger partial charge < -0.3 is 34.0 Å². The van der Waals surface area contributed by atoms with E-state index in [1.165, 1.54) is 24.8 Å². The summed E-state index contributed by atoms with van der Waals surface area (Å²) >= 11 is 1.55. The van der Waals surface area contributed by atoms with Crippen molar-refractivity contribution in [3.63, 3.8) is 0 Å². The van der Waals surface area contributed by atoms with Crippen molar-refractivity contribution in [3.05, 3.63) is 78.6 Å². The predicted octanol–water partition coefficient (Wildman–Crippen LogP) is 0.967. The molecule has 0 fully saturated rings. The van der Waals surface area contributed by atoms with Crippen LogP contribution in [0.15, 0.2) is 72.5 Å². The molecular weight excluding hydrogens is 535 g/mol. The average molecular weight is 567 g/mol. The van der Waals surface area contributed by atoms with Crippen molar-refractivity contribution in [3.8, 4) is 0 Å². The molecule has 0 N–H and O–H groups in total. The van der Waals surface area contributed by atoms with Gasteiger partial charge in [0.2, 0.25) is 0 Å². The molecule has 1 aliphatic carbocycles. The summed E-state index contributed by atoms with van der Waals surface area (Å²) in [4.78, 5) is 0. The number of fused-ring (bicyclic) bond motifs is 3. The minimum absolute atomic E-state index is 0. The normalized spacial score (nSPS) is 11.9. The molecule has 0 saturated heterocycles. The number of hydrogen-bond acceptors (Lipinski definition) is 2. The molecule has 172 valence electrons. The minimum atomic E-state index is -1.36. The van der Waals surface area contributed by atoms with Crippen LogP contribution in [0.2, 0.25) is 19.6 Å². The second kappa shape index (κ2) is 15.9. The van der Waals surface area contributed by atoms with Gasteiger partial charge in [-0.25, -0.2) is 6.08 Å². The molecule has 0 heterocycles. The van der Waals surface area contributed by atoms with Crippen molar-refractivity contribution in [2.75, 3.05) is 13.2 Å². The van der Waals surface area contributed by atoms with Crippen LogP contribution in [0.1, 0.15) is 20.3 Å². The number of ether oxygens (including phenoxy) is 1. The number of hydrogen-bond donors (Lipinski definition) is 0. The maximum Gasteiger partial charge on any atom is 0.183 e. The summed E-state index contributed by atoms with van der Waals surface area (Å²) in [6.45, 7) is 12.1. The van der Waals surface area contributed by atoms with Gasteiger partial charge in [0.25, 0.3) is 0 Å². The van der Waals surface area contributed by atoms with Crippen molar-refractivity contribution in [1.82, 2.24) is 0 Å². The predicted molar refractivity (Wildman–Crippen MR) is 129 cm³/mol. The first kappa shape index (κ1) is 31.1. The molecule has 4 rings (SSSR count). The Hall–Kier alpha value is -0.900. The van der Waals surface area contributed by atoms with E-state index in [2.05, 4.69) is 94.2 Å². The molecule has 32 heavy (non-hydrogen) atoms. The largest absolute Gasteiger partial charge is 1.00 e. The smallest absolute Gasteiger partial charge is 0.183 e. The number of benzene rings is 2. The van der Waals surface area contributed by atoms with Crippen LogP contribution in [-0.4, -0.2) is 24.7 Å². The Bertz CT molecular complexity index is 965. The Morgan fingerprint density at radius 2 is 1.44 bits per heavy atom. The van der Waals surface area contributed by atoms with Gasteiger partial charge in [-0.15, -0.1) is 46.2 Å². The fourth-order valence-corrected chi connectivity index (χ4v) is 3.58. The van der Waals surface area contributed by atoms with Crippen LogP contribution in [0.5, 0.6) is 0 Å². The number of allylic oxidation sites excluding steroid dienone is 3. The van der Waals surface area contributed by atoms with Crippen molar-refractivity contribution in [2.45, 2.75) is 39.9 Å². The van der Waals surface area contributed by atoms with Gasteiger partial charge in [-0.3, -0.25) is 0 Å². The van der Waals surface area contributed by atoms with Crippen molar-refractivity contribution >= 4 is 33.1 Å². The third-order valence-corrected chi connectivity index (χ3v) is 5.13. The molecule has 0 bridgehead atoms. The third kappa shape index (κ3) is 11.8. The molecule has 0 amide bonds. The summed E-state index contributed by atoms with van der Waals surface area (Å²) in [6.07, 6.45) is 7.96. The van der Waals surface area contributed by atoms with Crippen LogP contribution in [0.25, 0.3) is 21.5 Å².